The third-order valence-corrected chi connectivity index (χ3v) is 6.12. The molecule has 4 fully saturated rings. The minimum Gasteiger partial charge on any atom is -0.345 e. The van der Waals surface area contributed by atoms with E-state index < -0.39 is 0 Å². The SMILES string of the molecule is CN(CCCN)C(=O)C12CC3CC(C)(CC(C)(C3)C1)C2. The second kappa shape index (κ2) is 4.46. The Morgan fingerprint density at radius 1 is 1.15 bits per heavy atom. The highest BCUT2D eigenvalue weighted by Gasteiger charge is 2.63. The van der Waals surface area contributed by atoms with Gasteiger partial charge in [0, 0.05) is 13.6 Å². The zero-order chi connectivity index (χ0) is 14.6. The van der Waals surface area contributed by atoms with Crippen LogP contribution in [0.3, 0.4) is 0 Å². The van der Waals surface area contributed by atoms with Crippen LogP contribution in [0.15, 0.2) is 0 Å². The van der Waals surface area contributed by atoms with Crippen LogP contribution in [0.25, 0.3) is 0 Å². The molecule has 0 radical (unpaired) electrons. The molecule has 0 saturated heterocycles. The Morgan fingerprint density at radius 2 is 1.75 bits per heavy atom. The summed E-state index contributed by atoms with van der Waals surface area (Å²) in [4.78, 5) is 15.0. The summed E-state index contributed by atoms with van der Waals surface area (Å²) in [6.07, 6.45) is 8.34. The molecule has 4 aliphatic rings. The maximum absolute atomic E-state index is 13.1. The summed E-state index contributed by atoms with van der Waals surface area (Å²) in [5.74, 6) is 1.20. The third-order valence-electron chi connectivity index (χ3n) is 6.12. The molecule has 4 saturated carbocycles. The lowest BCUT2D eigenvalue weighted by Gasteiger charge is -2.65. The Balaban J connectivity index is 1.83. The van der Waals surface area contributed by atoms with E-state index in [1.54, 1.807) is 0 Å². The van der Waals surface area contributed by atoms with Crippen LogP contribution in [0.5, 0.6) is 0 Å². The van der Waals surface area contributed by atoms with Crippen LogP contribution in [-0.4, -0.2) is 30.9 Å². The van der Waals surface area contributed by atoms with Crippen molar-refractivity contribution >= 4 is 5.91 Å². The van der Waals surface area contributed by atoms with E-state index in [-0.39, 0.29) is 5.41 Å². The summed E-state index contributed by atoms with van der Waals surface area (Å²) in [5, 5.41) is 0. The Labute approximate surface area is 123 Å². The lowest BCUT2D eigenvalue weighted by molar-refractivity contribution is -0.178. The number of hydrogen-bond donors (Lipinski definition) is 1. The fourth-order valence-electron chi connectivity index (χ4n) is 6.52. The molecule has 0 heterocycles. The zero-order valence-electron chi connectivity index (χ0n) is 13.4. The highest BCUT2D eigenvalue weighted by atomic mass is 16.2. The molecule has 20 heavy (non-hydrogen) atoms. The van der Waals surface area contributed by atoms with Gasteiger partial charge in [-0.2, -0.15) is 0 Å². The van der Waals surface area contributed by atoms with Crippen LogP contribution >= 0.6 is 0 Å². The summed E-state index contributed by atoms with van der Waals surface area (Å²) < 4.78 is 0. The first-order chi connectivity index (χ1) is 9.30. The maximum Gasteiger partial charge on any atom is 0.228 e. The fraction of sp³-hybridized carbons (Fsp3) is 0.941. The number of amides is 1. The summed E-state index contributed by atoms with van der Waals surface area (Å²) >= 11 is 0. The van der Waals surface area contributed by atoms with Gasteiger partial charge in [-0.1, -0.05) is 13.8 Å². The second-order valence-electron chi connectivity index (χ2n) is 8.78. The fourth-order valence-corrected chi connectivity index (χ4v) is 6.52. The molecule has 4 rings (SSSR count). The van der Waals surface area contributed by atoms with Gasteiger partial charge in [-0.05, 0) is 68.2 Å². The predicted molar refractivity (Wildman–Crippen MR) is 81.1 cm³/mol. The van der Waals surface area contributed by atoms with Crippen LogP contribution in [0.4, 0.5) is 0 Å². The molecule has 0 aliphatic heterocycles. The molecule has 2 unspecified atom stereocenters. The lowest BCUT2D eigenvalue weighted by atomic mass is 9.40. The van der Waals surface area contributed by atoms with Crippen molar-refractivity contribution in [1.29, 1.82) is 0 Å². The van der Waals surface area contributed by atoms with Crippen LogP contribution in [0.2, 0.25) is 0 Å². The second-order valence-corrected chi connectivity index (χ2v) is 8.78. The first-order valence-electron chi connectivity index (χ1n) is 8.26. The molecule has 3 nitrogen and oxygen atoms in total. The summed E-state index contributed by atoms with van der Waals surface area (Å²) in [6, 6.07) is 0. The number of hydrogen-bond acceptors (Lipinski definition) is 2. The monoisotopic (exact) mass is 278 g/mol. The van der Waals surface area contributed by atoms with Crippen molar-refractivity contribution in [3.8, 4) is 0 Å². The van der Waals surface area contributed by atoms with Crippen molar-refractivity contribution in [2.24, 2.45) is 27.9 Å². The van der Waals surface area contributed by atoms with E-state index in [0.29, 0.717) is 23.3 Å². The molecule has 0 aromatic carbocycles. The molecule has 2 N–H and O–H groups in total. The molecule has 0 aromatic rings. The molecule has 3 heteroatoms. The van der Waals surface area contributed by atoms with Gasteiger partial charge < -0.3 is 10.6 Å². The molecule has 4 aliphatic carbocycles. The number of carbonyl (C=O) groups excluding carboxylic acids is 1. The van der Waals surface area contributed by atoms with E-state index in [2.05, 4.69) is 13.8 Å². The van der Waals surface area contributed by atoms with Crippen molar-refractivity contribution in [1.82, 2.24) is 4.90 Å². The average Bonchev–Trinajstić information content (AvgIpc) is 2.30. The van der Waals surface area contributed by atoms with Crippen molar-refractivity contribution in [2.45, 2.75) is 58.8 Å². The van der Waals surface area contributed by atoms with E-state index in [0.717, 1.165) is 38.1 Å². The Hall–Kier alpha value is -0.570. The van der Waals surface area contributed by atoms with Gasteiger partial charge in [0.15, 0.2) is 0 Å². The Bertz CT molecular complexity index is 401. The minimum atomic E-state index is -0.0493. The molecule has 4 bridgehead atoms. The van der Waals surface area contributed by atoms with Gasteiger partial charge in [0.1, 0.15) is 0 Å². The highest BCUT2D eigenvalue weighted by molar-refractivity contribution is 5.83. The zero-order valence-corrected chi connectivity index (χ0v) is 13.4. The topological polar surface area (TPSA) is 46.3 Å². The van der Waals surface area contributed by atoms with Gasteiger partial charge in [0.05, 0.1) is 5.41 Å². The average molecular weight is 278 g/mol. The van der Waals surface area contributed by atoms with E-state index in [1.165, 1.54) is 19.3 Å². The summed E-state index contributed by atoms with van der Waals surface area (Å²) in [7, 11) is 1.97. The number of rotatable bonds is 4. The number of nitrogens with two attached hydrogens (primary N) is 1. The van der Waals surface area contributed by atoms with Crippen molar-refractivity contribution in [3.63, 3.8) is 0 Å². The van der Waals surface area contributed by atoms with Crippen molar-refractivity contribution in [3.05, 3.63) is 0 Å². The first-order valence-corrected chi connectivity index (χ1v) is 8.26. The third kappa shape index (κ3) is 2.18. The number of nitrogens with zero attached hydrogens (tertiary/aromatic N) is 1. The van der Waals surface area contributed by atoms with Gasteiger partial charge in [0.2, 0.25) is 5.91 Å². The van der Waals surface area contributed by atoms with Gasteiger partial charge in [-0.15, -0.1) is 0 Å². The van der Waals surface area contributed by atoms with Crippen molar-refractivity contribution < 1.29 is 4.79 Å². The first kappa shape index (κ1) is 14.4. The molecule has 0 spiro atoms. The normalized spacial score (nSPS) is 45.7. The van der Waals surface area contributed by atoms with Gasteiger partial charge >= 0.3 is 0 Å². The Kier molecular flexibility index (Phi) is 3.20. The van der Waals surface area contributed by atoms with Crippen LogP contribution in [0.1, 0.15) is 58.8 Å². The largest absolute Gasteiger partial charge is 0.345 e. The maximum atomic E-state index is 13.1. The highest BCUT2D eigenvalue weighted by Crippen LogP contribution is 2.69. The molecule has 114 valence electrons. The van der Waals surface area contributed by atoms with Crippen LogP contribution < -0.4 is 5.73 Å². The van der Waals surface area contributed by atoms with Crippen LogP contribution in [0, 0.1) is 22.2 Å². The van der Waals surface area contributed by atoms with E-state index in [4.69, 9.17) is 5.73 Å². The van der Waals surface area contributed by atoms with E-state index in [9.17, 15) is 4.79 Å². The minimum absolute atomic E-state index is 0.0493. The van der Waals surface area contributed by atoms with Crippen LogP contribution in [-0.2, 0) is 4.79 Å². The molecule has 1 amide bonds. The Morgan fingerprint density at radius 3 is 2.25 bits per heavy atom. The molecular formula is C17H30N2O. The smallest absolute Gasteiger partial charge is 0.228 e. The van der Waals surface area contributed by atoms with Gasteiger partial charge in [-0.25, -0.2) is 0 Å². The van der Waals surface area contributed by atoms with Gasteiger partial charge in [0.25, 0.3) is 0 Å². The predicted octanol–water partition coefficient (Wildman–Crippen LogP) is 2.79. The summed E-state index contributed by atoms with van der Waals surface area (Å²) in [6.45, 7) is 6.34. The standard InChI is InChI=1S/C17H30N2O/c1-15-7-13-8-16(2,10-15)12-17(9-13,11-15)14(20)19(3)6-4-5-18/h13H,4-12,18H2,1-3H3. The van der Waals surface area contributed by atoms with Crippen molar-refractivity contribution in [2.75, 3.05) is 20.1 Å². The van der Waals surface area contributed by atoms with Gasteiger partial charge in [-0.3, -0.25) is 4.79 Å². The molecule has 0 aromatic heterocycles. The molecule has 2 atom stereocenters. The lowest BCUT2D eigenvalue weighted by Crippen LogP contribution is -2.60. The quantitative estimate of drug-likeness (QED) is 0.859. The van der Waals surface area contributed by atoms with E-state index >= 15 is 0 Å². The summed E-state index contributed by atoms with van der Waals surface area (Å²) in [5.41, 5.74) is 6.37. The number of carbonyl (C=O) groups is 1. The molecular weight excluding hydrogens is 248 g/mol. The van der Waals surface area contributed by atoms with E-state index in [1.807, 2.05) is 11.9 Å².